The molecule has 0 aromatic heterocycles. The second-order valence-electron chi connectivity index (χ2n) is 6.50. The number of methoxy groups -OCH3 is 1. The van der Waals surface area contributed by atoms with Gasteiger partial charge in [0.05, 0.1) is 24.2 Å². The number of carbonyl (C=O) groups excluding carboxylic acids is 1. The molecule has 1 aliphatic heterocycles. The first-order chi connectivity index (χ1) is 10.2. The molecule has 1 aliphatic rings. The smallest absolute Gasteiger partial charge is 0.399 e. The van der Waals surface area contributed by atoms with Gasteiger partial charge in [0.2, 0.25) is 5.91 Å². The maximum Gasteiger partial charge on any atom is 0.494 e. The number of nitrogens with one attached hydrogen (secondary N) is 1. The molecular formula is C16H24BNO4. The predicted molar refractivity (Wildman–Crippen MR) is 87.3 cm³/mol. The molecule has 0 radical (unpaired) electrons. The van der Waals surface area contributed by atoms with Crippen molar-refractivity contribution < 1.29 is 18.8 Å². The number of amides is 1. The van der Waals surface area contributed by atoms with Crippen LogP contribution in [0.15, 0.2) is 24.3 Å². The van der Waals surface area contributed by atoms with Crippen LogP contribution in [-0.2, 0) is 18.8 Å². The molecular weight excluding hydrogens is 281 g/mol. The van der Waals surface area contributed by atoms with Crippen LogP contribution < -0.4 is 10.8 Å². The Balaban J connectivity index is 2.08. The summed E-state index contributed by atoms with van der Waals surface area (Å²) in [5, 5.41) is 2.85. The lowest BCUT2D eigenvalue weighted by molar-refractivity contribution is -0.117. The molecule has 1 amide bonds. The molecule has 0 saturated carbocycles. The van der Waals surface area contributed by atoms with E-state index in [0.717, 1.165) is 11.2 Å². The van der Waals surface area contributed by atoms with Crippen LogP contribution in [0.25, 0.3) is 0 Å². The van der Waals surface area contributed by atoms with Gasteiger partial charge < -0.3 is 19.4 Å². The molecule has 1 aromatic rings. The fourth-order valence-electron chi connectivity index (χ4n) is 2.16. The third-order valence-corrected chi connectivity index (χ3v) is 4.23. The third kappa shape index (κ3) is 3.69. The molecule has 1 fully saturated rings. The summed E-state index contributed by atoms with van der Waals surface area (Å²) in [4.78, 5) is 11.8. The highest BCUT2D eigenvalue weighted by Gasteiger charge is 2.51. The highest BCUT2D eigenvalue weighted by Crippen LogP contribution is 2.36. The lowest BCUT2D eigenvalue weighted by atomic mass is 9.79. The molecule has 0 bridgehead atoms. The van der Waals surface area contributed by atoms with E-state index in [0.29, 0.717) is 13.0 Å². The minimum absolute atomic E-state index is 0.0760. The largest absolute Gasteiger partial charge is 0.494 e. The SMILES string of the molecule is COCCC(=O)Nc1cccc(B2OC(C)(C)C(C)(C)O2)c1. The van der Waals surface area contributed by atoms with E-state index in [2.05, 4.69) is 5.32 Å². The molecule has 2 rings (SSSR count). The molecule has 120 valence electrons. The van der Waals surface area contributed by atoms with E-state index in [1.807, 2.05) is 52.0 Å². The molecule has 1 N–H and O–H groups in total. The maximum absolute atomic E-state index is 11.8. The number of anilines is 1. The Labute approximate surface area is 132 Å². The zero-order valence-electron chi connectivity index (χ0n) is 13.9. The van der Waals surface area contributed by atoms with Gasteiger partial charge in [0, 0.05) is 12.8 Å². The van der Waals surface area contributed by atoms with Crippen molar-refractivity contribution in [3.8, 4) is 0 Å². The average Bonchev–Trinajstić information content (AvgIpc) is 2.65. The third-order valence-electron chi connectivity index (χ3n) is 4.23. The Hall–Kier alpha value is -1.37. The summed E-state index contributed by atoms with van der Waals surface area (Å²) in [6.45, 7) is 8.47. The highest BCUT2D eigenvalue weighted by molar-refractivity contribution is 6.62. The summed E-state index contributed by atoms with van der Waals surface area (Å²) in [5.74, 6) is -0.0760. The number of ether oxygens (including phenoxy) is 1. The maximum atomic E-state index is 11.8. The first-order valence-corrected chi connectivity index (χ1v) is 7.49. The summed E-state index contributed by atoms with van der Waals surface area (Å²) in [6, 6.07) is 7.55. The number of hydrogen-bond donors (Lipinski definition) is 1. The van der Waals surface area contributed by atoms with Gasteiger partial charge in [-0.15, -0.1) is 0 Å². The molecule has 5 nitrogen and oxygen atoms in total. The van der Waals surface area contributed by atoms with Crippen LogP contribution >= 0.6 is 0 Å². The predicted octanol–water partition coefficient (Wildman–Crippen LogP) is 1.96. The topological polar surface area (TPSA) is 56.8 Å². The van der Waals surface area contributed by atoms with Crippen LogP contribution in [0.2, 0.25) is 0 Å². The minimum Gasteiger partial charge on any atom is -0.399 e. The Bertz CT molecular complexity index is 529. The van der Waals surface area contributed by atoms with Gasteiger partial charge in [0.15, 0.2) is 0 Å². The molecule has 0 aliphatic carbocycles. The Morgan fingerprint density at radius 2 is 1.86 bits per heavy atom. The van der Waals surface area contributed by atoms with E-state index >= 15 is 0 Å². The van der Waals surface area contributed by atoms with Crippen LogP contribution in [0.3, 0.4) is 0 Å². The van der Waals surface area contributed by atoms with Crippen molar-refractivity contribution in [2.45, 2.75) is 45.3 Å². The molecule has 1 saturated heterocycles. The van der Waals surface area contributed by atoms with Crippen molar-refractivity contribution >= 4 is 24.2 Å². The van der Waals surface area contributed by atoms with Crippen LogP contribution in [0.1, 0.15) is 34.1 Å². The standard InChI is InChI=1S/C16H24BNO4/c1-15(2)16(3,4)22-17(21-15)12-7-6-8-13(11-12)18-14(19)9-10-20-5/h6-8,11H,9-10H2,1-5H3,(H,18,19). The summed E-state index contributed by atoms with van der Waals surface area (Å²) in [7, 11) is 1.15. The highest BCUT2D eigenvalue weighted by atomic mass is 16.7. The minimum atomic E-state index is -0.430. The zero-order valence-corrected chi connectivity index (χ0v) is 13.9. The lowest BCUT2D eigenvalue weighted by Crippen LogP contribution is -2.41. The van der Waals surface area contributed by atoms with E-state index in [-0.39, 0.29) is 17.1 Å². The Kier molecular flexibility index (Phi) is 4.95. The normalized spacial score (nSPS) is 19.2. The van der Waals surface area contributed by atoms with Gasteiger partial charge >= 0.3 is 7.12 Å². The van der Waals surface area contributed by atoms with Crippen molar-refractivity contribution in [1.82, 2.24) is 0 Å². The summed E-state index contributed by atoms with van der Waals surface area (Å²) in [6.07, 6.45) is 0.331. The summed E-state index contributed by atoms with van der Waals surface area (Å²) < 4.78 is 16.9. The number of hydrogen-bond acceptors (Lipinski definition) is 4. The number of rotatable bonds is 5. The van der Waals surface area contributed by atoms with Crippen molar-refractivity contribution in [3.63, 3.8) is 0 Å². The average molecular weight is 305 g/mol. The quantitative estimate of drug-likeness (QED) is 0.845. The Morgan fingerprint density at radius 1 is 1.23 bits per heavy atom. The van der Waals surface area contributed by atoms with E-state index < -0.39 is 7.12 Å². The van der Waals surface area contributed by atoms with Crippen molar-refractivity contribution in [2.24, 2.45) is 0 Å². The van der Waals surface area contributed by atoms with Crippen LogP contribution in [0.5, 0.6) is 0 Å². The van der Waals surface area contributed by atoms with Gasteiger partial charge in [-0.05, 0) is 45.3 Å². The number of benzene rings is 1. The van der Waals surface area contributed by atoms with Gasteiger partial charge in [0.25, 0.3) is 0 Å². The fourth-order valence-corrected chi connectivity index (χ4v) is 2.16. The van der Waals surface area contributed by atoms with Gasteiger partial charge in [0.1, 0.15) is 0 Å². The first-order valence-electron chi connectivity index (χ1n) is 7.49. The molecule has 22 heavy (non-hydrogen) atoms. The molecule has 6 heteroatoms. The van der Waals surface area contributed by atoms with Crippen LogP contribution in [0, 0.1) is 0 Å². The van der Waals surface area contributed by atoms with Crippen molar-refractivity contribution in [2.75, 3.05) is 19.0 Å². The summed E-state index contributed by atoms with van der Waals surface area (Å²) >= 11 is 0. The second-order valence-corrected chi connectivity index (χ2v) is 6.50. The lowest BCUT2D eigenvalue weighted by Gasteiger charge is -2.32. The second kappa shape index (κ2) is 6.40. The van der Waals surface area contributed by atoms with E-state index in [9.17, 15) is 4.79 Å². The van der Waals surface area contributed by atoms with Crippen LogP contribution in [-0.4, -0.2) is 37.9 Å². The fraction of sp³-hybridized carbons (Fsp3) is 0.562. The van der Waals surface area contributed by atoms with Gasteiger partial charge in [-0.1, -0.05) is 12.1 Å². The van der Waals surface area contributed by atoms with Gasteiger partial charge in [-0.2, -0.15) is 0 Å². The van der Waals surface area contributed by atoms with Crippen molar-refractivity contribution in [3.05, 3.63) is 24.3 Å². The molecule has 0 atom stereocenters. The van der Waals surface area contributed by atoms with E-state index in [1.165, 1.54) is 0 Å². The number of carbonyl (C=O) groups is 1. The van der Waals surface area contributed by atoms with Gasteiger partial charge in [-0.3, -0.25) is 4.79 Å². The molecule has 0 unspecified atom stereocenters. The summed E-state index contributed by atoms with van der Waals surface area (Å²) in [5.41, 5.74) is 0.863. The molecule has 1 aromatic carbocycles. The van der Waals surface area contributed by atoms with E-state index in [4.69, 9.17) is 14.0 Å². The van der Waals surface area contributed by atoms with Gasteiger partial charge in [-0.25, -0.2) is 0 Å². The molecule has 1 heterocycles. The Morgan fingerprint density at radius 3 is 2.45 bits per heavy atom. The van der Waals surface area contributed by atoms with Crippen molar-refractivity contribution in [1.29, 1.82) is 0 Å². The zero-order chi connectivity index (χ0) is 16.4. The van der Waals surface area contributed by atoms with Crippen LogP contribution in [0.4, 0.5) is 5.69 Å². The van der Waals surface area contributed by atoms with E-state index in [1.54, 1.807) is 7.11 Å². The first kappa shape index (κ1) is 17.0. The monoisotopic (exact) mass is 305 g/mol. The molecule has 0 spiro atoms.